The van der Waals surface area contributed by atoms with E-state index in [2.05, 4.69) is 58.1 Å². The number of methoxy groups -OCH3 is 1. The summed E-state index contributed by atoms with van der Waals surface area (Å²) in [5, 5.41) is 3.84. The van der Waals surface area contributed by atoms with Crippen molar-refractivity contribution in [3.63, 3.8) is 0 Å². The molecule has 1 aromatic heterocycles. The Balaban J connectivity index is 2.12. The van der Waals surface area contributed by atoms with Crippen molar-refractivity contribution >= 4 is 22.6 Å². The van der Waals surface area contributed by atoms with Crippen molar-refractivity contribution in [2.75, 3.05) is 25.6 Å². The van der Waals surface area contributed by atoms with E-state index in [0.717, 1.165) is 23.2 Å². The fourth-order valence-electron chi connectivity index (χ4n) is 4.89. The molecule has 0 aliphatic carbocycles. The van der Waals surface area contributed by atoms with Crippen molar-refractivity contribution in [2.45, 2.75) is 78.8 Å². The van der Waals surface area contributed by atoms with Crippen molar-refractivity contribution in [1.82, 2.24) is 14.5 Å². The van der Waals surface area contributed by atoms with E-state index in [1.54, 1.807) is 17.7 Å². The average Bonchev–Trinajstić information content (AvgIpc) is 2.88. The van der Waals surface area contributed by atoms with Crippen LogP contribution in [0.4, 0.5) is 10.5 Å². The average molecular weight is 507 g/mol. The summed E-state index contributed by atoms with van der Waals surface area (Å²) in [6, 6.07) is 13.1. The Bertz CT molecular complexity index is 1240. The Morgan fingerprint density at radius 3 is 2.24 bits per heavy atom. The summed E-state index contributed by atoms with van der Waals surface area (Å²) in [5.41, 5.74) is 3.64. The summed E-state index contributed by atoms with van der Waals surface area (Å²) in [6.45, 7) is 13.9. The largest absolute Gasteiger partial charge is 0.383 e. The molecule has 0 saturated heterocycles. The van der Waals surface area contributed by atoms with Crippen molar-refractivity contribution in [3.8, 4) is 0 Å². The van der Waals surface area contributed by atoms with Gasteiger partial charge in [-0.3, -0.25) is 9.36 Å². The van der Waals surface area contributed by atoms with Crippen LogP contribution in [0.25, 0.3) is 10.9 Å². The zero-order valence-corrected chi connectivity index (χ0v) is 23.4. The first-order valence-corrected chi connectivity index (χ1v) is 13.4. The van der Waals surface area contributed by atoms with Crippen LogP contribution in [-0.4, -0.2) is 40.7 Å². The molecule has 1 atom stereocenters. The Kier molecular flexibility index (Phi) is 9.86. The molecule has 0 fully saturated rings. The number of carbonyl (C=O) groups is 1. The number of ether oxygens (including phenoxy) is 1. The predicted molar refractivity (Wildman–Crippen MR) is 152 cm³/mol. The minimum absolute atomic E-state index is 0.111. The van der Waals surface area contributed by atoms with Gasteiger partial charge in [0.2, 0.25) is 0 Å². The lowest BCUT2D eigenvalue weighted by Gasteiger charge is -2.33. The molecule has 1 N–H and O–H groups in total. The van der Waals surface area contributed by atoms with Gasteiger partial charge in [-0.2, -0.15) is 0 Å². The fourth-order valence-corrected chi connectivity index (χ4v) is 4.89. The zero-order chi connectivity index (χ0) is 27.1. The first kappa shape index (κ1) is 28.4. The number of nitrogens with zero attached hydrogens (tertiary/aromatic N) is 3. The maximum atomic E-state index is 14.0. The summed E-state index contributed by atoms with van der Waals surface area (Å²) in [5.74, 6) is 1.11. The van der Waals surface area contributed by atoms with Crippen molar-refractivity contribution < 1.29 is 9.53 Å². The summed E-state index contributed by atoms with van der Waals surface area (Å²) >= 11 is 0. The second-order valence-electron chi connectivity index (χ2n) is 10.1. The highest BCUT2D eigenvalue weighted by molar-refractivity contribution is 5.92. The molecule has 200 valence electrons. The maximum Gasteiger partial charge on any atom is 0.322 e. The molecular formula is C30H42N4O3. The van der Waals surface area contributed by atoms with Gasteiger partial charge in [0.25, 0.3) is 5.56 Å². The van der Waals surface area contributed by atoms with Crippen LogP contribution in [0.2, 0.25) is 0 Å². The molecule has 0 aliphatic heterocycles. The molecular weight excluding hydrogens is 464 g/mol. The molecule has 0 aliphatic rings. The highest BCUT2D eigenvalue weighted by atomic mass is 16.5. The normalized spacial score (nSPS) is 12.4. The number of nitrogens with one attached hydrogen (secondary N) is 1. The summed E-state index contributed by atoms with van der Waals surface area (Å²) in [6.07, 6.45) is 1.40. The Hall–Kier alpha value is -3.19. The molecule has 2 aromatic carbocycles. The van der Waals surface area contributed by atoms with Crippen LogP contribution in [0.5, 0.6) is 0 Å². The quantitative estimate of drug-likeness (QED) is 0.314. The fraction of sp³-hybridized carbons (Fsp3) is 0.500. The summed E-state index contributed by atoms with van der Waals surface area (Å²) in [7, 11) is 1.62. The number of amides is 2. The van der Waals surface area contributed by atoms with Gasteiger partial charge in [0.15, 0.2) is 0 Å². The number of aromatic nitrogens is 2. The maximum absolute atomic E-state index is 14.0. The standard InChI is InChI=1S/C30H42N4O3/c1-8-17-33(30(36)32-27-22(20(3)4)14-12-15-23(27)21(5)6)26(9-2)28-31-25-16-11-10-13-24(25)29(35)34(28)18-19-37-7/h10-16,20-21,26H,8-9,17-19H2,1-7H3,(H,32,36). The number of para-hydroxylation sites is 2. The van der Waals surface area contributed by atoms with Gasteiger partial charge in [-0.05, 0) is 47.9 Å². The number of urea groups is 1. The molecule has 7 heteroatoms. The van der Waals surface area contributed by atoms with Crippen LogP contribution < -0.4 is 10.9 Å². The second kappa shape index (κ2) is 12.9. The van der Waals surface area contributed by atoms with Crippen LogP contribution in [0.1, 0.15) is 89.2 Å². The highest BCUT2D eigenvalue weighted by Crippen LogP contribution is 2.33. The molecule has 0 radical (unpaired) electrons. The van der Waals surface area contributed by atoms with Crippen LogP contribution in [0.15, 0.2) is 47.3 Å². The number of fused-ring (bicyclic) bond motifs is 1. The van der Waals surface area contributed by atoms with E-state index in [0.29, 0.717) is 42.8 Å². The van der Waals surface area contributed by atoms with Crippen molar-refractivity contribution in [1.29, 1.82) is 0 Å². The Labute approximate surface area is 220 Å². The molecule has 7 nitrogen and oxygen atoms in total. The number of hydrogen-bond donors (Lipinski definition) is 1. The number of rotatable bonds is 11. The second-order valence-corrected chi connectivity index (χ2v) is 10.1. The van der Waals surface area contributed by atoms with Crippen molar-refractivity contribution in [2.24, 2.45) is 0 Å². The molecule has 3 aromatic rings. The van der Waals surface area contributed by atoms with Crippen LogP contribution in [-0.2, 0) is 11.3 Å². The lowest BCUT2D eigenvalue weighted by Crippen LogP contribution is -2.42. The van der Waals surface area contributed by atoms with Gasteiger partial charge in [-0.1, -0.05) is 71.9 Å². The van der Waals surface area contributed by atoms with Gasteiger partial charge < -0.3 is 15.0 Å². The first-order chi connectivity index (χ1) is 17.7. The molecule has 37 heavy (non-hydrogen) atoms. The molecule has 0 spiro atoms. The monoisotopic (exact) mass is 506 g/mol. The van der Waals surface area contributed by atoms with Crippen LogP contribution in [0, 0.1) is 0 Å². The molecule has 1 unspecified atom stereocenters. The smallest absolute Gasteiger partial charge is 0.322 e. The van der Waals surface area contributed by atoms with E-state index < -0.39 is 0 Å². The van der Waals surface area contributed by atoms with Gasteiger partial charge in [-0.15, -0.1) is 0 Å². The lowest BCUT2D eigenvalue weighted by molar-refractivity contribution is 0.169. The van der Waals surface area contributed by atoms with Gasteiger partial charge in [0.05, 0.1) is 30.1 Å². The molecule has 0 saturated carbocycles. The molecule has 1 heterocycles. The Morgan fingerprint density at radius 1 is 1.03 bits per heavy atom. The molecule has 0 bridgehead atoms. The number of benzene rings is 2. The SMILES string of the molecule is CCCN(C(=O)Nc1c(C(C)C)cccc1C(C)C)C(CC)c1nc2ccccc2c(=O)n1CCOC. The number of anilines is 1. The predicted octanol–water partition coefficient (Wildman–Crippen LogP) is 6.68. The van der Waals surface area contributed by atoms with E-state index in [1.165, 1.54) is 0 Å². The number of hydrogen-bond acceptors (Lipinski definition) is 4. The van der Waals surface area contributed by atoms with Gasteiger partial charge in [0, 0.05) is 19.3 Å². The van der Waals surface area contributed by atoms with E-state index >= 15 is 0 Å². The van der Waals surface area contributed by atoms with Crippen LogP contribution >= 0.6 is 0 Å². The van der Waals surface area contributed by atoms with E-state index in [-0.39, 0.29) is 29.5 Å². The van der Waals surface area contributed by atoms with E-state index in [1.807, 2.05) is 30.0 Å². The third-order valence-corrected chi connectivity index (χ3v) is 6.80. The van der Waals surface area contributed by atoms with Crippen molar-refractivity contribution in [3.05, 3.63) is 69.8 Å². The lowest BCUT2D eigenvalue weighted by atomic mass is 9.92. The van der Waals surface area contributed by atoms with Gasteiger partial charge >= 0.3 is 6.03 Å². The minimum Gasteiger partial charge on any atom is -0.383 e. The van der Waals surface area contributed by atoms with E-state index in [4.69, 9.17) is 9.72 Å². The third kappa shape index (κ3) is 6.21. The minimum atomic E-state index is -0.372. The highest BCUT2D eigenvalue weighted by Gasteiger charge is 2.29. The van der Waals surface area contributed by atoms with E-state index in [9.17, 15) is 9.59 Å². The summed E-state index contributed by atoms with van der Waals surface area (Å²) in [4.78, 5) is 34.2. The summed E-state index contributed by atoms with van der Waals surface area (Å²) < 4.78 is 6.98. The third-order valence-electron chi connectivity index (χ3n) is 6.80. The topological polar surface area (TPSA) is 76.5 Å². The number of carbonyl (C=O) groups excluding carboxylic acids is 1. The zero-order valence-electron chi connectivity index (χ0n) is 23.4. The first-order valence-electron chi connectivity index (χ1n) is 13.4. The molecule has 2 amide bonds. The Morgan fingerprint density at radius 2 is 1.68 bits per heavy atom. The van der Waals surface area contributed by atoms with Crippen LogP contribution in [0.3, 0.4) is 0 Å². The molecule has 3 rings (SSSR count). The van der Waals surface area contributed by atoms with Gasteiger partial charge in [0.1, 0.15) is 5.82 Å². The van der Waals surface area contributed by atoms with Gasteiger partial charge in [-0.25, -0.2) is 9.78 Å².